The summed E-state index contributed by atoms with van der Waals surface area (Å²) < 4.78 is 26.6. The molecule has 260 valence electrons. The number of fused-ring (bicyclic) bond motifs is 1. The van der Waals surface area contributed by atoms with E-state index in [4.69, 9.17) is 9.47 Å². The summed E-state index contributed by atoms with van der Waals surface area (Å²) in [6.45, 7) is 15.5. The molecule has 0 aliphatic carbocycles. The molecule has 1 fully saturated rings. The highest BCUT2D eigenvalue weighted by Crippen LogP contribution is 2.38. The van der Waals surface area contributed by atoms with Crippen molar-refractivity contribution in [1.29, 1.82) is 0 Å². The van der Waals surface area contributed by atoms with E-state index in [1.165, 1.54) is 0 Å². The summed E-state index contributed by atoms with van der Waals surface area (Å²) in [4.78, 5) is 40.8. The van der Waals surface area contributed by atoms with Crippen LogP contribution < -0.4 is 9.64 Å². The molecule has 2 aliphatic heterocycles. The Hall–Kier alpha value is -4.93. The predicted molar refractivity (Wildman–Crippen MR) is 191 cm³/mol. The molecule has 0 atom stereocenters. The van der Waals surface area contributed by atoms with E-state index in [-0.39, 0.29) is 11.9 Å². The molecule has 0 radical (unpaired) electrons. The quantitative estimate of drug-likeness (QED) is 0.222. The summed E-state index contributed by atoms with van der Waals surface area (Å²) >= 11 is 0. The number of aryl methyl sites for hydroxylation is 3. The molecule has 10 nitrogen and oxygen atoms in total. The number of anilines is 1. The molecule has 4 aromatic rings. The van der Waals surface area contributed by atoms with Gasteiger partial charge in [0.2, 0.25) is 6.41 Å². The van der Waals surface area contributed by atoms with Gasteiger partial charge < -0.3 is 29.2 Å². The maximum absolute atomic E-state index is 15.7. The molecule has 0 bridgehead atoms. The lowest BCUT2D eigenvalue weighted by atomic mass is 9.92. The minimum Gasteiger partial charge on any atom is -0.493 e. The number of nitrogens with one attached hydrogen (secondary N) is 1. The van der Waals surface area contributed by atoms with Crippen LogP contribution in [0.15, 0.2) is 48.9 Å². The molecular formula is C38H47FN6O4. The van der Waals surface area contributed by atoms with Crippen LogP contribution in [0.1, 0.15) is 56.5 Å². The van der Waals surface area contributed by atoms with E-state index in [1.807, 2.05) is 77.4 Å². The fourth-order valence-corrected chi connectivity index (χ4v) is 6.21. The second-order valence-corrected chi connectivity index (χ2v) is 13.5. The Morgan fingerprint density at radius 2 is 1.80 bits per heavy atom. The molecule has 2 amide bonds. The van der Waals surface area contributed by atoms with Crippen molar-refractivity contribution in [3.05, 3.63) is 77.1 Å². The van der Waals surface area contributed by atoms with Gasteiger partial charge in [0, 0.05) is 80.1 Å². The second-order valence-electron chi connectivity index (χ2n) is 13.5. The first-order valence-electron chi connectivity index (χ1n) is 16.8. The molecule has 1 aromatic carbocycles. The molecule has 0 spiro atoms. The zero-order valence-electron chi connectivity index (χ0n) is 29.6. The van der Waals surface area contributed by atoms with Gasteiger partial charge in [0.25, 0.3) is 0 Å². The Labute approximate surface area is 287 Å². The molecule has 1 N–H and O–H groups in total. The highest BCUT2D eigenvalue weighted by Gasteiger charge is 2.27. The highest BCUT2D eigenvalue weighted by atomic mass is 19.1. The van der Waals surface area contributed by atoms with E-state index in [0.717, 1.165) is 89.5 Å². The molecule has 5 heterocycles. The van der Waals surface area contributed by atoms with Gasteiger partial charge in [0.15, 0.2) is 17.4 Å². The minimum atomic E-state index is -0.575. The standard InChI is InChI=1S/C26H30FN3O2.C12H17N3O2/c1-6-17-9-10-28-14-22(17)20-13-19(23(27)24-21(20)12-16(2)29-24)18-8-7-11-30(15-18)25(31)32-26(3,4)5;1-10-7-11(17-2)12(13-8-10)15-5-3-14(9-16)4-6-15/h8-10,12-14,29H,6-7,11,15H2,1-5H3;7-9H,3-6H2,1-2H3. The number of pyridine rings is 2. The van der Waals surface area contributed by atoms with Crippen molar-refractivity contribution in [2.24, 2.45) is 0 Å². The van der Waals surface area contributed by atoms with E-state index in [2.05, 4.69) is 26.8 Å². The molecule has 0 unspecified atom stereocenters. The van der Waals surface area contributed by atoms with Gasteiger partial charge in [-0.05, 0) is 94.0 Å². The van der Waals surface area contributed by atoms with Crippen molar-refractivity contribution in [2.75, 3.05) is 51.3 Å². The number of amides is 2. The van der Waals surface area contributed by atoms with Gasteiger partial charge >= 0.3 is 6.09 Å². The maximum atomic E-state index is 15.7. The Kier molecular flexibility index (Phi) is 10.9. The van der Waals surface area contributed by atoms with Crippen LogP contribution in [0, 0.1) is 19.7 Å². The number of aromatic nitrogens is 3. The average Bonchev–Trinajstić information content (AvgIpc) is 3.50. The van der Waals surface area contributed by atoms with Crippen LogP contribution in [-0.4, -0.2) is 89.2 Å². The zero-order valence-corrected chi connectivity index (χ0v) is 29.6. The monoisotopic (exact) mass is 670 g/mol. The van der Waals surface area contributed by atoms with Crippen LogP contribution in [0.2, 0.25) is 0 Å². The van der Waals surface area contributed by atoms with Gasteiger partial charge in [-0.15, -0.1) is 0 Å². The van der Waals surface area contributed by atoms with Crippen LogP contribution in [0.5, 0.6) is 5.75 Å². The second kappa shape index (κ2) is 15.1. The number of carbonyl (C=O) groups is 2. The van der Waals surface area contributed by atoms with Crippen molar-refractivity contribution in [2.45, 2.75) is 60.0 Å². The number of methoxy groups -OCH3 is 1. The summed E-state index contributed by atoms with van der Waals surface area (Å²) in [7, 11) is 1.65. The van der Waals surface area contributed by atoms with Gasteiger partial charge in [-0.2, -0.15) is 0 Å². The van der Waals surface area contributed by atoms with Crippen LogP contribution in [0.3, 0.4) is 0 Å². The minimum absolute atomic E-state index is 0.295. The third-order valence-corrected chi connectivity index (χ3v) is 8.67. The van der Waals surface area contributed by atoms with E-state index in [0.29, 0.717) is 30.6 Å². The number of carbonyl (C=O) groups excluding carboxylic acids is 2. The number of halogens is 1. The number of aromatic amines is 1. The van der Waals surface area contributed by atoms with Crippen molar-refractivity contribution in [3.63, 3.8) is 0 Å². The Bertz CT molecular complexity index is 1840. The van der Waals surface area contributed by atoms with E-state index in [1.54, 1.807) is 23.1 Å². The Morgan fingerprint density at radius 3 is 2.47 bits per heavy atom. The summed E-state index contributed by atoms with van der Waals surface area (Å²) in [6.07, 6.45) is 9.52. The van der Waals surface area contributed by atoms with E-state index < -0.39 is 5.60 Å². The number of benzene rings is 1. The number of piperazine rings is 1. The predicted octanol–water partition coefficient (Wildman–Crippen LogP) is 6.94. The number of hydrogen-bond acceptors (Lipinski definition) is 7. The normalized spacial score (nSPS) is 15.0. The van der Waals surface area contributed by atoms with Crippen LogP contribution in [0.4, 0.5) is 15.0 Å². The lowest BCUT2D eigenvalue weighted by Crippen LogP contribution is -2.46. The van der Waals surface area contributed by atoms with Crippen LogP contribution in [0.25, 0.3) is 27.6 Å². The highest BCUT2D eigenvalue weighted by molar-refractivity contribution is 5.99. The molecule has 0 saturated carbocycles. The smallest absolute Gasteiger partial charge is 0.410 e. The third kappa shape index (κ3) is 8.21. The van der Waals surface area contributed by atoms with Crippen molar-refractivity contribution >= 4 is 34.8 Å². The van der Waals surface area contributed by atoms with Gasteiger partial charge in [0.1, 0.15) is 5.60 Å². The Balaban J connectivity index is 0.000000232. The summed E-state index contributed by atoms with van der Waals surface area (Å²) in [6, 6.07) is 7.88. The Morgan fingerprint density at radius 1 is 1.04 bits per heavy atom. The number of H-pyrrole nitrogens is 1. The number of ether oxygens (including phenoxy) is 2. The largest absolute Gasteiger partial charge is 0.493 e. The SMILES string of the molecule is CCc1ccncc1-c1cc(C2=CCCN(C(=O)OC(C)(C)C)C2)c(F)c2[nH]c(C)cc12.COc1cc(C)cnc1N1CCN(C=O)CC1. The van der Waals surface area contributed by atoms with Gasteiger partial charge in [-0.1, -0.05) is 13.0 Å². The number of nitrogens with zero attached hydrogens (tertiary/aromatic N) is 5. The first kappa shape index (κ1) is 35.4. The molecule has 2 aliphatic rings. The molecular weight excluding hydrogens is 623 g/mol. The lowest BCUT2D eigenvalue weighted by molar-refractivity contribution is -0.118. The number of rotatable bonds is 6. The summed E-state index contributed by atoms with van der Waals surface area (Å²) in [5.74, 6) is 1.37. The zero-order chi connectivity index (χ0) is 35.3. The molecule has 3 aromatic heterocycles. The summed E-state index contributed by atoms with van der Waals surface area (Å²) in [5.41, 5.74) is 6.28. The van der Waals surface area contributed by atoms with Crippen molar-refractivity contribution < 1.29 is 23.5 Å². The first-order chi connectivity index (χ1) is 23.4. The van der Waals surface area contributed by atoms with Crippen molar-refractivity contribution in [3.8, 4) is 16.9 Å². The fourth-order valence-electron chi connectivity index (χ4n) is 6.21. The molecule has 6 rings (SSSR count). The van der Waals surface area contributed by atoms with Gasteiger partial charge in [0.05, 0.1) is 12.6 Å². The van der Waals surface area contributed by atoms with Crippen molar-refractivity contribution in [1.82, 2.24) is 24.8 Å². The van der Waals surface area contributed by atoms with Gasteiger partial charge in [-0.25, -0.2) is 14.2 Å². The first-order valence-corrected chi connectivity index (χ1v) is 16.8. The topological polar surface area (TPSA) is 104 Å². The summed E-state index contributed by atoms with van der Waals surface area (Å²) in [5, 5.41) is 0.840. The third-order valence-electron chi connectivity index (χ3n) is 8.67. The van der Waals surface area contributed by atoms with Gasteiger partial charge in [-0.3, -0.25) is 9.78 Å². The van der Waals surface area contributed by atoms with Crippen LogP contribution >= 0.6 is 0 Å². The maximum Gasteiger partial charge on any atom is 0.410 e. The lowest BCUT2D eigenvalue weighted by Gasteiger charge is -2.33. The van der Waals surface area contributed by atoms with E-state index >= 15 is 4.39 Å². The number of hydrogen-bond donors (Lipinski definition) is 1. The average molecular weight is 671 g/mol. The molecule has 11 heteroatoms. The molecule has 49 heavy (non-hydrogen) atoms. The van der Waals surface area contributed by atoms with E-state index in [9.17, 15) is 9.59 Å². The molecule has 1 saturated heterocycles. The van der Waals surface area contributed by atoms with Crippen LogP contribution in [-0.2, 0) is 16.0 Å². The fraction of sp³-hybridized carbons (Fsp3) is 0.421.